The van der Waals surface area contributed by atoms with Gasteiger partial charge in [-0.25, -0.2) is 13.6 Å². The van der Waals surface area contributed by atoms with Gasteiger partial charge in [-0.05, 0) is 49.4 Å². The van der Waals surface area contributed by atoms with Crippen LogP contribution in [0.1, 0.15) is 12.7 Å². The van der Waals surface area contributed by atoms with Crippen LogP contribution in [0.5, 0.6) is 0 Å². The van der Waals surface area contributed by atoms with E-state index in [1.54, 1.807) is 31.2 Å². The third-order valence-electron chi connectivity index (χ3n) is 4.73. The number of nitro benzene ring substituents is 1. The topological polar surface area (TPSA) is 149 Å². The minimum atomic E-state index is -3.85. The van der Waals surface area contributed by atoms with Gasteiger partial charge in [0.25, 0.3) is 11.6 Å². The number of nitro groups is 1. The normalized spacial score (nSPS) is 15.3. The highest BCUT2D eigenvalue weighted by molar-refractivity contribution is 7.89. The van der Waals surface area contributed by atoms with Gasteiger partial charge in [-0.1, -0.05) is 12.1 Å². The number of hydrazone groups is 1. The average Bonchev–Trinajstić information content (AvgIpc) is 3.34. The van der Waals surface area contributed by atoms with Crippen molar-refractivity contribution in [3.63, 3.8) is 0 Å². The van der Waals surface area contributed by atoms with E-state index < -0.39 is 20.9 Å². The molecule has 2 heterocycles. The number of carbonyl (C=O) groups is 1. The maximum absolute atomic E-state index is 12.9. The SMILES string of the molecule is CC1=NN(c2ccc(S(N)(=O)=O)cc2)C(=O)C1=Cc1ccc(-c2cccc([N+](=O)[O-])c2)o1. The van der Waals surface area contributed by atoms with E-state index in [-0.39, 0.29) is 10.6 Å². The molecule has 0 saturated heterocycles. The summed E-state index contributed by atoms with van der Waals surface area (Å²) in [5.41, 5.74) is 1.58. The van der Waals surface area contributed by atoms with Crippen LogP contribution in [0.15, 0.2) is 80.7 Å². The standard InChI is InChI=1S/C21H16N4O6S/c1-13-19(21(26)24(23-13)15-5-8-18(9-6-15)32(22,29)30)12-17-7-10-20(31-17)14-3-2-4-16(11-14)25(27)28/h2-12H,1H3,(H2,22,29,30). The molecule has 0 saturated carbocycles. The Hall–Kier alpha value is -4.09. The molecule has 162 valence electrons. The lowest BCUT2D eigenvalue weighted by Gasteiger charge is -2.11. The molecular formula is C21H16N4O6S. The molecule has 1 aliphatic rings. The molecule has 1 amide bonds. The number of hydrogen-bond donors (Lipinski definition) is 1. The van der Waals surface area contributed by atoms with E-state index in [0.717, 1.165) is 5.01 Å². The lowest BCUT2D eigenvalue weighted by atomic mass is 10.1. The number of nitrogens with two attached hydrogens (primary N) is 1. The molecule has 11 heteroatoms. The summed E-state index contributed by atoms with van der Waals surface area (Å²) in [6.07, 6.45) is 1.53. The first-order valence-corrected chi connectivity index (χ1v) is 10.8. The van der Waals surface area contributed by atoms with E-state index in [2.05, 4.69) is 5.10 Å². The maximum atomic E-state index is 12.9. The second kappa shape index (κ2) is 7.87. The Morgan fingerprint density at radius 1 is 1.12 bits per heavy atom. The molecule has 0 unspecified atom stereocenters. The summed E-state index contributed by atoms with van der Waals surface area (Å²) in [4.78, 5) is 23.3. The minimum absolute atomic E-state index is 0.0585. The van der Waals surface area contributed by atoms with Crippen molar-refractivity contribution in [2.75, 3.05) is 5.01 Å². The molecule has 2 aromatic carbocycles. The molecule has 0 radical (unpaired) electrons. The molecule has 4 rings (SSSR count). The van der Waals surface area contributed by atoms with Gasteiger partial charge < -0.3 is 4.42 Å². The monoisotopic (exact) mass is 452 g/mol. The fraction of sp³-hybridized carbons (Fsp3) is 0.0476. The third-order valence-corrected chi connectivity index (χ3v) is 5.66. The van der Waals surface area contributed by atoms with Crippen molar-refractivity contribution in [3.8, 4) is 11.3 Å². The van der Waals surface area contributed by atoms with Crippen LogP contribution in [0.4, 0.5) is 11.4 Å². The number of primary sulfonamides is 1. The van der Waals surface area contributed by atoms with E-state index in [0.29, 0.717) is 34.1 Å². The predicted molar refractivity (Wildman–Crippen MR) is 117 cm³/mol. The summed E-state index contributed by atoms with van der Waals surface area (Å²) in [6, 6.07) is 14.8. The van der Waals surface area contributed by atoms with Gasteiger partial charge in [0.1, 0.15) is 11.5 Å². The zero-order chi connectivity index (χ0) is 23.0. The minimum Gasteiger partial charge on any atom is -0.457 e. The lowest BCUT2D eigenvalue weighted by Crippen LogP contribution is -2.21. The van der Waals surface area contributed by atoms with Crippen LogP contribution in [0.3, 0.4) is 0 Å². The Morgan fingerprint density at radius 2 is 1.84 bits per heavy atom. The zero-order valence-electron chi connectivity index (χ0n) is 16.6. The van der Waals surface area contributed by atoms with Crippen molar-refractivity contribution in [3.05, 3.63) is 82.1 Å². The van der Waals surface area contributed by atoms with Crippen molar-refractivity contribution in [1.82, 2.24) is 0 Å². The molecule has 0 atom stereocenters. The predicted octanol–water partition coefficient (Wildman–Crippen LogP) is 3.31. The first kappa shape index (κ1) is 21.2. The molecule has 0 spiro atoms. The van der Waals surface area contributed by atoms with Crippen LogP contribution in [-0.2, 0) is 14.8 Å². The van der Waals surface area contributed by atoms with Gasteiger partial charge in [-0.15, -0.1) is 0 Å². The fourth-order valence-electron chi connectivity index (χ4n) is 3.14. The Balaban J connectivity index is 1.60. The number of amides is 1. The summed E-state index contributed by atoms with van der Waals surface area (Å²) in [5.74, 6) is 0.367. The lowest BCUT2D eigenvalue weighted by molar-refractivity contribution is -0.384. The Morgan fingerprint density at radius 3 is 2.50 bits per heavy atom. The molecule has 3 aromatic rings. The number of anilines is 1. The Bertz CT molecular complexity index is 1400. The fourth-order valence-corrected chi connectivity index (χ4v) is 3.65. The summed E-state index contributed by atoms with van der Waals surface area (Å²) >= 11 is 0. The molecule has 0 aliphatic carbocycles. The van der Waals surface area contributed by atoms with Crippen molar-refractivity contribution in [2.45, 2.75) is 11.8 Å². The van der Waals surface area contributed by atoms with E-state index in [1.807, 2.05) is 0 Å². The zero-order valence-corrected chi connectivity index (χ0v) is 17.4. The molecule has 1 aromatic heterocycles. The summed E-state index contributed by atoms with van der Waals surface area (Å²) in [7, 11) is -3.85. The molecule has 0 fully saturated rings. The number of rotatable bonds is 5. The van der Waals surface area contributed by atoms with Crippen LogP contribution >= 0.6 is 0 Å². The van der Waals surface area contributed by atoms with Crippen molar-refractivity contribution in [1.29, 1.82) is 0 Å². The number of hydrogen-bond acceptors (Lipinski definition) is 7. The highest BCUT2D eigenvalue weighted by Crippen LogP contribution is 2.29. The van der Waals surface area contributed by atoms with Crippen LogP contribution in [0.2, 0.25) is 0 Å². The van der Waals surface area contributed by atoms with Gasteiger partial charge in [0, 0.05) is 17.7 Å². The number of furan rings is 1. The van der Waals surface area contributed by atoms with Crippen LogP contribution in [0, 0.1) is 10.1 Å². The van der Waals surface area contributed by atoms with E-state index in [9.17, 15) is 23.3 Å². The molecular weight excluding hydrogens is 436 g/mol. The number of nitrogens with zero attached hydrogens (tertiary/aromatic N) is 3. The van der Waals surface area contributed by atoms with Gasteiger partial charge in [0.05, 0.1) is 26.8 Å². The van der Waals surface area contributed by atoms with E-state index in [1.165, 1.54) is 42.5 Å². The van der Waals surface area contributed by atoms with Crippen molar-refractivity contribution >= 4 is 39.1 Å². The van der Waals surface area contributed by atoms with E-state index >= 15 is 0 Å². The van der Waals surface area contributed by atoms with E-state index in [4.69, 9.17) is 9.56 Å². The van der Waals surface area contributed by atoms with Crippen LogP contribution in [0.25, 0.3) is 17.4 Å². The van der Waals surface area contributed by atoms with Crippen molar-refractivity contribution in [2.24, 2.45) is 10.2 Å². The largest absolute Gasteiger partial charge is 0.457 e. The number of sulfonamides is 1. The first-order chi connectivity index (χ1) is 15.1. The number of carbonyl (C=O) groups excluding carboxylic acids is 1. The maximum Gasteiger partial charge on any atom is 0.280 e. The molecule has 10 nitrogen and oxygen atoms in total. The molecule has 2 N–H and O–H groups in total. The highest BCUT2D eigenvalue weighted by atomic mass is 32.2. The summed E-state index contributed by atoms with van der Waals surface area (Å²) in [6.45, 7) is 1.66. The second-order valence-corrected chi connectivity index (χ2v) is 8.47. The second-order valence-electron chi connectivity index (χ2n) is 6.91. The van der Waals surface area contributed by atoms with Gasteiger partial charge in [-0.3, -0.25) is 14.9 Å². The molecule has 1 aliphatic heterocycles. The van der Waals surface area contributed by atoms with Crippen molar-refractivity contribution < 1.29 is 22.6 Å². The van der Waals surface area contributed by atoms with Gasteiger partial charge >= 0.3 is 0 Å². The van der Waals surface area contributed by atoms with Crippen LogP contribution in [-0.4, -0.2) is 25.0 Å². The third kappa shape index (κ3) is 4.06. The average molecular weight is 452 g/mol. The Labute approximate surface area is 182 Å². The quantitative estimate of drug-likeness (QED) is 0.356. The number of non-ortho nitro benzene ring substituents is 1. The van der Waals surface area contributed by atoms with Crippen LogP contribution < -0.4 is 10.1 Å². The Kier molecular flexibility index (Phi) is 5.20. The molecule has 0 bridgehead atoms. The molecule has 32 heavy (non-hydrogen) atoms. The van der Waals surface area contributed by atoms with Gasteiger partial charge in [0.2, 0.25) is 10.0 Å². The van der Waals surface area contributed by atoms with Gasteiger partial charge in [0.15, 0.2) is 0 Å². The first-order valence-electron chi connectivity index (χ1n) is 9.23. The van der Waals surface area contributed by atoms with Gasteiger partial charge in [-0.2, -0.15) is 10.1 Å². The number of benzene rings is 2. The highest BCUT2D eigenvalue weighted by Gasteiger charge is 2.29. The summed E-state index contributed by atoms with van der Waals surface area (Å²) < 4.78 is 28.6. The summed E-state index contributed by atoms with van der Waals surface area (Å²) in [5, 5.41) is 21.5. The smallest absolute Gasteiger partial charge is 0.280 e.